The molecule has 6 heteroatoms. The number of carbonyl (C=O) groups is 1. The molecule has 0 spiro atoms. The number of benzene rings is 1. The predicted octanol–water partition coefficient (Wildman–Crippen LogP) is 4.11. The number of thioether (sulfide) groups is 1. The molecule has 2 atom stereocenters. The molecule has 0 aliphatic carbocycles. The van der Waals surface area contributed by atoms with Crippen molar-refractivity contribution in [1.82, 2.24) is 10.2 Å². The molecule has 0 bridgehead atoms. The van der Waals surface area contributed by atoms with E-state index >= 15 is 0 Å². The minimum absolute atomic E-state index is 0. The molecule has 23 heavy (non-hydrogen) atoms. The number of fused-ring (bicyclic) bond motifs is 1. The minimum atomic E-state index is 0. The second-order valence-corrected chi connectivity index (χ2v) is 8.22. The lowest BCUT2D eigenvalue weighted by Gasteiger charge is -2.40. The SMILES string of the molecule is CCN(C(=O)C(C)C1CNC1)C1CCSc2ccc(Br)cc21.Cl. The molecule has 2 aliphatic rings. The van der Waals surface area contributed by atoms with Crippen molar-refractivity contribution in [2.45, 2.75) is 31.2 Å². The van der Waals surface area contributed by atoms with Crippen molar-refractivity contribution in [3.8, 4) is 0 Å². The Morgan fingerprint density at radius 1 is 1.48 bits per heavy atom. The third-order valence-electron chi connectivity index (χ3n) is 4.89. The third-order valence-corrected chi connectivity index (χ3v) is 6.51. The van der Waals surface area contributed by atoms with Gasteiger partial charge in [0.1, 0.15) is 0 Å². The largest absolute Gasteiger partial charge is 0.336 e. The molecule has 0 aromatic heterocycles. The number of nitrogens with one attached hydrogen (secondary N) is 1. The maximum absolute atomic E-state index is 13.0. The van der Waals surface area contributed by atoms with Gasteiger partial charge in [0.15, 0.2) is 0 Å². The standard InChI is InChI=1S/C17H23BrN2OS.ClH/c1-3-20(17(21)11(2)12-9-19-10-12)15-6-7-22-16-5-4-13(18)8-14(15)16;/h4-5,8,11-12,15,19H,3,6-7,9-10H2,1-2H3;1H. The molecule has 128 valence electrons. The van der Waals surface area contributed by atoms with Crippen molar-refractivity contribution < 1.29 is 4.79 Å². The molecule has 0 radical (unpaired) electrons. The van der Waals surface area contributed by atoms with E-state index in [1.807, 2.05) is 11.8 Å². The van der Waals surface area contributed by atoms with Crippen LogP contribution in [0, 0.1) is 11.8 Å². The molecule has 0 saturated carbocycles. The number of halogens is 2. The van der Waals surface area contributed by atoms with Crippen molar-refractivity contribution in [1.29, 1.82) is 0 Å². The summed E-state index contributed by atoms with van der Waals surface area (Å²) < 4.78 is 1.10. The zero-order valence-corrected chi connectivity index (χ0v) is 16.8. The summed E-state index contributed by atoms with van der Waals surface area (Å²) in [6.45, 7) is 6.93. The molecule has 2 unspecified atom stereocenters. The summed E-state index contributed by atoms with van der Waals surface area (Å²) in [5, 5.41) is 3.28. The van der Waals surface area contributed by atoms with Crippen molar-refractivity contribution >= 4 is 46.0 Å². The van der Waals surface area contributed by atoms with Crippen LogP contribution < -0.4 is 5.32 Å². The molecule has 3 rings (SSSR count). The van der Waals surface area contributed by atoms with Gasteiger partial charge in [-0.05, 0) is 56.1 Å². The zero-order valence-electron chi connectivity index (χ0n) is 13.5. The first-order valence-corrected chi connectivity index (χ1v) is 9.83. The second-order valence-electron chi connectivity index (χ2n) is 6.17. The Morgan fingerprint density at radius 2 is 2.22 bits per heavy atom. The fourth-order valence-electron chi connectivity index (χ4n) is 3.33. The Balaban J connectivity index is 0.00000192. The average Bonchev–Trinajstić information content (AvgIpc) is 2.46. The Labute approximate surface area is 157 Å². The number of amides is 1. The molecule has 2 heterocycles. The van der Waals surface area contributed by atoms with Crippen LogP contribution in [-0.2, 0) is 4.79 Å². The number of hydrogen-bond donors (Lipinski definition) is 1. The number of nitrogens with zero attached hydrogens (tertiary/aromatic N) is 1. The van der Waals surface area contributed by atoms with Crippen LogP contribution in [-0.4, -0.2) is 36.2 Å². The lowest BCUT2D eigenvalue weighted by atomic mass is 9.87. The van der Waals surface area contributed by atoms with E-state index in [1.165, 1.54) is 10.5 Å². The lowest BCUT2D eigenvalue weighted by molar-refractivity contribution is -0.140. The highest BCUT2D eigenvalue weighted by Crippen LogP contribution is 2.41. The van der Waals surface area contributed by atoms with Crippen molar-refractivity contribution in [2.75, 3.05) is 25.4 Å². The molecule has 3 nitrogen and oxygen atoms in total. The first-order valence-electron chi connectivity index (χ1n) is 8.05. The van der Waals surface area contributed by atoms with E-state index in [4.69, 9.17) is 0 Å². The molecular formula is C17H24BrClN2OS. The lowest BCUT2D eigenvalue weighted by Crippen LogP contribution is -2.51. The van der Waals surface area contributed by atoms with Gasteiger partial charge in [-0.2, -0.15) is 0 Å². The number of hydrogen-bond acceptors (Lipinski definition) is 3. The summed E-state index contributed by atoms with van der Waals surface area (Å²) in [4.78, 5) is 16.4. The summed E-state index contributed by atoms with van der Waals surface area (Å²) >= 11 is 5.48. The van der Waals surface area contributed by atoms with Gasteiger partial charge in [0, 0.05) is 27.6 Å². The van der Waals surface area contributed by atoms with Gasteiger partial charge in [-0.1, -0.05) is 22.9 Å². The van der Waals surface area contributed by atoms with Crippen LogP contribution in [0.3, 0.4) is 0 Å². The average molecular weight is 420 g/mol. The van der Waals surface area contributed by atoms with Gasteiger partial charge in [-0.3, -0.25) is 4.79 Å². The molecule has 1 N–H and O–H groups in total. The Hall–Kier alpha value is -0.230. The van der Waals surface area contributed by atoms with Crippen LogP contribution in [0.25, 0.3) is 0 Å². The molecule has 1 fully saturated rings. The fraction of sp³-hybridized carbons (Fsp3) is 0.588. The smallest absolute Gasteiger partial charge is 0.226 e. The third kappa shape index (κ3) is 3.89. The van der Waals surface area contributed by atoms with E-state index in [2.05, 4.69) is 58.2 Å². The van der Waals surface area contributed by atoms with Crippen LogP contribution >= 0.6 is 40.1 Å². The first-order chi connectivity index (χ1) is 10.6. The van der Waals surface area contributed by atoms with E-state index in [9.17, 15) is 4.79 Å². The highest BCUT2D eigenvalue weighted by Gasteiger charge is 2.35. The highest BCUT2D eigenvalue weighted by atomic mass is 79.9. The number of rotatable bonds is 4. The fourth-order valence-corrected chi connectivity index (χ4v) is 4.79. The van der Waals surface area contributed by atoms with Crippen molar-refractivity contribution in [2.24, 2.45) is 11.8 Å². The maximum atomic E-state index is 13.0. The zero-order chi connectivity index (χ0) is 15.7. The molecule has 1 aromatic rings. The molecule has 1 amide bonds. The second kappa shape index (κ2) is 8.24. The van der Waals surface area contributed by atoms with E-state index in [0.29, 0.717) is 11.8 Å². The van der Waals surface area contributed by atoms with Gasteiger partial charge in [0.2, 0.25) is 5.91 Å². The molecular weight excluding hydrogens is 396 g/mol. The first kappa shape index (κ1) is 19.1. The maximum Gasteiger partial charge on any atom is 0.226 e. The van der Waals surface area contributed by atoms with Gasteiger partial charge in [-0.15, -0.1) is 24.2 Å². The topological polar surface area (TPSA) is 32.3 Å². The summed E-state index contributed by atoms with van der Waals surface area (Å²) in [6, 6.07) is 6.68. The molecule has 2 aliphatic heterocycles. The summed E-state index contributed by atoms with van der Waals surface area (Å²) in [6.07, 6.45) is 1.04. The van der Waals surface area contributed by atoms with E-state index < -0.39 is 0 Å². The summed E-state index contributed by atoms with van der Waals surface area (Å²) in [7, 11) is 0. The van der Waals surface area contributed by atoms with E-state index in [-0.39, 0.29) is 24.4 Å². The van der Waals surface area contributed by atoms with Gasteiger partial charge in [0.05, 0.1) is 6.04 Å². The van der Waals surface area contributed by atoms with E-state index in [0.717, 1.165) is 36.3 Å². The van der Waals surface area contributed by atoms with Gasteiger partial charge < -0.3 is 10.2 Å². The molecule has 1 aromatic carbocycles. The Bertz CT molecular complexity index is 568. The highest BCUT2D eigenvalue weighted by molar-refractivity contribution is 9.10. The van der Waals surface area contributed by atoms with Crippen molar-refractivity contribution in [3.63, 3.8) is 0 Å². The monoisotopic (exact) mass is 418 g/mol. The van der Waals surface area contributed by atoms with Crippen LogP contribution in [0.5, 0.6) is 0 Å². The Morgan fingerprint density at radius 3 is 2.83 bits per heavy atom. The van der Waals surface area contributed by atoms with Crippen molar-refractivity contribution in [3.05, 3.63) is 28.2 Å². The van der Waals surface area contributed by atoms with E-state index in [1.54, 1.807) is 0 Å². The predicted molar refractivity (Wildman–Crippen MR) is 102 cm³/mol. The normalized spacial score (nSPS) is 21.6. The van der Waals surface area contributed by atoms with Gasteiger partial charge >= 0.3 is 0 Å². The van der Waals surface area contributed by atoms with Gasteiger partial charge in [0.25, 0.3) is 0 Å². The van der Waals surface area contributed by atoms with Crippen LogP contribution in [0.15, 0.2) is 27.6 Å². The van der Waals surface area contributed by atoms with Crippen LogP contribution in [0.2, 0.25) is 0 Å². The number of carbonyl (C=O) groups excluding carboxylic acids is 1. The summed E-state index contributed by atoms with van der Waals surface area (Å²) in [5.41, 5.74) is 1.31. The van der Waals surface area contributed by atoms with Crippen LogP contribution in [0.4, 0.5) is 0 Å². The quantitative estimate of drug-likeness (QED) is 0.797. The minimum Gasteiger partial charge on any atom is -0.336 e. The molecule has 1 saturated heterocycles. The van der Waals surface area contributed by atoms with Gasteiger partial charge in [-0.25, -0.2) is 0 Å². The Kier molecular flexibility index (Phi) is 6.84. The van der Waals surface area contributed by atoms with Crippen LogP contribution in [0.1, 0.15) is 31.9 Å². The summed E-state index contributed by atoms with van der Waals surface area (Å²) in [5.74, 6) is 2.02.